The molecule has 4 heteroatoms. The Bertz CT molecular complexity index is 119. The van der Waals surface area contributed by atoms with E-state index >= 15 is 0 Å². The van der Waals surface area contributed by atoms with Crippen LogP contribution in [0.3, 0.4) is 0 Å². The fraction of sp³-hybridized carbons (Fsp3) is 0.833. The van der Waals surface area contributed by atoms with Gasteiger partial charge in [-0.3, -0.25) is 0 Å². The number of hydrogen-bond donors (Lipinski definition) is 2. The summed E-state index contributed by atoms with van der Waals surface area (Å²) in [5.41, 5.74) is 0. The molecule has 0 rings (SSSR count). The van der Waals surface area contributed by atoms with Gasteiger partial charge in [0.2, 0.25) is 0 Å². The van der Waals surface area contributed by atoms with Gasteiger partial charge in [-0.15, -0.1) is 0 Å². The quantitative estimate of drug-likeness (QED) is 0.618. The van der Waals surface area contributed by atoms with Crippen molar-refractivity contribution in [3.8, 4) is 0 Å². The molecular weight excluding hydrogens is 146 g/mol. The largest absolute Gasteiger partial charge is 0.465 e. The van der Waals surface area contributed by atoms with E-state index in [0.717, 1.165) is 6.04 Å². The average molecular weight is 161 g/mol. The highest BCUT2D eigenvalue weighted by molar-refractivity contribution is 6.76. The Morgan fingerprint density at radius 1 is 1.50 bits per heavy atom. The highest BCUT2D eigenvalue weighted by atomic mass is 28.3. The van der Waals surface area contributed by atoms with Crippen molar-refractivity contribution in [1.82, 2.24) is 5.32 Å². The summed E-state index contributed by atoms with van der Waals surface area (Å²) in [6.07, 6.45) is -0.918. The average Bonchev–Trinajstić information content (AvgIpc) is 1.59. The molecule has 0 saturated carbocycles. The first-order chi connectivity index (χ1) is 4.42. The molecule has 60 valence electrons. The number of nitrogens with one attached hydrogen (secondary N) is 1. The zero-order valence-corrected chi connectivity index (χ0v) is 7.77. The minimum Gasteiger partial charge on any atom is -0.465 e. The predicted octanol–water partition coefficient (Wildman–Crippen LogP) is 1.59. The molecular formula is C6H15NO2Si. The molecule has 0 unspecified atom stereocenters. The van der Waals surface area contributed by atoms with Crippen LogP contribution < -0.4 is 5.32 Å². The predicted molar refractivity (Wildman–Crippen MR) is 44.2 cm³/mol. The van der Waals surface area contributed by atoms with Crippen LogP contribution in [0.25, 0.3) is 0 Å². The number of hydrogen-bond acceptors (Lipinski definition) is 1. The van der Waals surface area contributed by atoms with Gasteiger partial charge in [0.1, 0.15) is 0 Å². The van der Waals surface area contributed by atoms with Crippen molar-refractivity contribution in [3.63, 3.8) is 0 Å². The lowest BCUT2D eigenvalue weighted by atomic mass is 10.7. The second-order valence-electron chi connectivity index (χ2n) is 3.54. The standard InChI is InChI=1S/C6H15NO2Si/c1-10(2,3)5-4-7-6(8)9/h7H,4-5H2,1-3H3,(H,8,9). The molecule has 0 spiro atoms. The van der Waals surface area contributed by atoms with Crippen molar-refractivity contribution in [2.75, 3.05) is 6.54 Å². The van der Waals surface area contributed by atoms with E-state index in [0.29, 0.717) is 6.54 Å². The van der Waals surface area contributed by atoms with Crippen LogP contribution in [0.4, 0.5) is 4.79 Å². The molecule has 0 aromatic carbocycles. The molecule has 2 N–H and O–H groups in total. The molecule has 3 nitrogen and oxygen atoms in total. The van der Waals surface area contributed by atoms with Crippen molar-refractivity contribution in [3.05, 3.63) is 0 Å². The van der Waals surface area contributed by atoms with E-state index in [9.17, 15) is 4.79 Å². The molecule has 0 aromatic heterocycles. The van der Waals surface area contributed by atoms with E-state index in [1.165, 1.54) is 0 Å². The molecule has 1 amide bonds. The Morgan fingerprint density at radius 2 is 2.00 bits per heavy atom. The third-order valence-corrected chi connectivity index (χ3v) is 2.90. The summed E-state index contributed by atoms with van der Waals surface area (Å²) in [4.78, 5) is 9.99. The lowest BCUT2D eigenvalue weighted by molar-refractivity contribution is 0.195. The number of carbonyl (C=O) groups is 1. The van der Waals surface area contributed by atoms with Crippen LogP contribution >= 0.6 is 0 Å². The smallest absolute Gasteiger partial charge is 0.404 e. The molecule has 0 aliphatic heterocycles. The first-order valence-electron chi connectivity index (χ1n) is 3.38. The Hall–Kier alpha value is -0.513. The lowest BCUT2D eigenvalue weighted by Crippen LogP contribution is -2.29. The Labute approximate surface area is 62.5 Å². The zero-order valence-electron chi connectivity index (χ0n) is 6.77. The Balaban J connectivity index is 3.29. The van der Waals surface area contributed by atoms with Gasteiger partial charge in [-0.2, -0.15) is 0 Å². The highest BCUT2D eigenvalue weighted by Crippen LogP contribution is 2.05. The van der Waals surface area contributed by atoms with Gasteiger partial charge in [-0.1, -0.05) is 19.6 Å². The molecule has 0 saturated heterocycles. The minimum atomic E-state index is -1.05. The second kappa shape index (κ2) is 3.61. The van der Waals surface area contributed by atoms with Gasteiger partial charge in [0.15, 0.2) is 0 Å². The summed E-state index contributed by atoms with van der Waals surface area (Å²) in [5, 5.41) is 10.6. The van der Waals surface area contributed by atoms with Gasteiger partial charge in [-0.05, 0) is 6.04 Å². The van der Waals surface area contributed by atoms with Crippen molar-refractivity contribution in [1.29, 1.82) is 0 Å². The fourth-order valence-corrected chi connectivity index (χ4v) is 1.42. The fourth-order valence-electron chi connectivity index (χ4n) is 0.544. The van der Waals surface area contributed by atoms with Crippen molar-refractivity contribution < 1.29 is 9.90 Å². The topological polar surface area (TPSA) is 49.3 Å². The summed E-state index contributed by atoms with van der Waals surface area (Å²) in [7, 11) is -1.05. The maximum Gasteiger partial charge on any atom is 0.404 e. The van der Waals surface area contributed by atoms with E-state index in [1.54, 1.807) is 0 Å². The lowest BCUT2D eigenvalue weighted by Gasteiger charge is -2.14. The van der Waals surface area contributed by atoms with Gasteiger partial charge < -0.3 is 10.4 Å². The van der Waals surface area contributed by atoms with E-state index in [4.69, 9.17) is 5.11 Å². The van der Waals surface area contributed by atoms with Gasteiger partial charge in [0.25, 0.3) is 0 Å². The third-order valence-electron chi connectivity index (χ3n) is 1.15. The van der Waals surface area contributed by atoms with Gasteiger partial charge in [-0.25, -0.2) is 4.79 Å². The first kappa shape index (κ1) is 9.49. The highest BCUT2D eigenvalue weighted by Gasteiger charge is 2.11. The molecule has 0 bridgehead atoms. The monoisotopic (exact) mass is 161 g/mol. The van der Waals surface area contributed by atoms with Crippen molar-refractivity contribution >= 4 is 14.2 Å². The summed E-state index contributed by atoms with van der Waals surface area (Å²) < 4.78 is 0. The van der Waals surface area contributed by atoms with Crippen LogP contribution in [0.1, 0.15) is 0 Å². The molecule has 0 aliphatic carbocycles. The molecule has 0 aromatic rings. The summed E-state index contributed by atoms with van der Waals surface area (Å²) in [6.45, 7) is 7.26. The van der Waals surface area contributed by atoms with Crippen molar-refractivity contribution in [2.24, 2.45) is 0 Å². The van der Waals surface area contributed by atoms with Gasteiger partial charge in [0, 0.05) is 14.6 Å². The van der Waals surface area contributed by atoms with Crippen molar-refractivity contribution in [2.45, 2.75) is 25.7 Å². The SMILES string of the molecule is C[Si](C)(C)CCNC(=O)O. The summed E-state index contributed by atoms with van der Waals surface area (Å²) >= 11 is 0. The number of amides is 1. The summed E-state index contributed by atoms with van der Waals surface area (Å²) in [5.74, 6) is 0. The van der Waals surface area contributed by atoms with Gasteiger partial charge in [0.05, 0.1) is 0 Å². The maximum absolute atomic E-state index is 9.99. The normalized spacial score (nSPS) is 11.1. The molecule has 10 heavy (non-hydrogen) atoms. The van der Waals surface area contributed by atoms with Crippen LogP contribution in [-0.2, 0) is 0 Å². The molecule has 0 heterocycles. The minimum absolute atomic E-state index is 0.602. The van der Waals surface area contributed by atoms with Crippen LogP contribution in [0.5, 0.6) is 0 Å². The van der Waals surface area contributed by atoms with Crippen LogP contribution in [0, 0.1) is 0 Å². The Kier molecular flexibility index (Phi) is 3.42. The van der Waals surface area contributed by atoms with E-state index < -0.39 is 14.2 Å². The van der Waals surface area contributed by atoms with Crippen LogP contribution in [-0.4, -0.2) is 25.8 Å². The first-order valence-corrected chi connectivity index (χ1v) is 7.09. The van der Waals surface area contributed by atoms with Crippen LogP contribution in [0.15, 0.2) is 0 Å². The number of carboxylic acid groups (broad SMARTS) is 1. The molecule has 0 aliphatic rings. The third kappa shape index (κ3) is 7.49. The van der Waals surface area contributed by atoms with Crippen LogP contribution in [0.2, 0.25) is 25.7 Å². The number of rotatable bonds is 3. The van der Waals surface area contributed by atoms with Gasteiger partial charge >= 0.3 is 6.09 Å². The van der Waals surface area contributed by atoms with E-state index in [-0.39, 0.29) is 0 Å². The molecule has 0 fully saturated rings. The summed E-state index contributed by atoms with van der Waals surface area (Å²) in [6, 6.07) is 1.01. The molecule has 0 atom stereocenters. The Morgan fingerprint density at radius 3 is 2.30 bits per heavy atom. The van der Waals surface area contributed by atoms with E-state index in [1.807, 2.05) is 0 Å². The zero-order chi connectivity index (χ0) is 8.20. The second-order valence-corrected chi connectivity index (χ2v) is 9.16. The molecule has 0 radical (unpaired) electrons. The maximum atomic E-state index is 9.99. The van der Waals surface area contributed by atoms with E-state index in [2.05, 4.69) is 25.0 Å².